The maximum Gasteiger partial charge on any atom is 0.223 e. The zero-order chi connectivity index (χ0) is 17.2. The molecule has 0 saturated heterocycles. The van der Waals surface area contributed by atoms with Gasteiger partial charge in [-0.2, -0.15) is 0 Å². The molecule has 0 radical (unpaired) electrons. The number of furan rings is 1. The Labute approximate surface area is 150 Å². The summed E-state index contributed by atoms with van der Waals surface area (Å²) in [7, 11) is 0. The van der Waals surface area contributed by atoms with Crippen molar-refractivity contribution in [1.82, 2.24) is 9.97 Å². The van der Waals surface area contributed by atoms with Crippen molar-refractivity contribution in [3.63, 3.8) is 0 Å². The number of Topliss-reactive ketones (excluding diaryl/α,β-unsaturated/α-hetero) is 1. The number of ketones is 1. The summed E-state index contributed by atoms with van der Waals surface area (Å²) in [6.45, 7) is 0.497. The normalized spacial score (nSPS) is 16.5. The number of rotatable bonds is 4. The summed E-state index contributed by atoms with van der Waals surface area (Å²) < 4.78 is 5.29. The maximum atomic E-state index is 12.5. The van der Waals surface area contributed by atoms with Gasteiger partial charge in [-0.1, -0.05) is 23.7 Å². The summed E-state index contributed by atoms with van der Waals surface area (Å²) in [6, 6.07) is 11.4. The van der Waals surface area contributed by atoms with Crippen LogP contribution >= 0.6 is 11.6 Å². The topological polar surface area (TPSA) is 68.0 Å². The number of hydrogen-bond acceptors (Lipinski definition) is 5. The molecule has 3 aromatic rings. The quantitative estimate of drug-likeness (QED) is 0.759. The number of hydrogen-bond donors (Lipinski definition) is 1. The molecule has 0 aliphatic heterocycles. The third-order valence-electron chi connectivity index (χ3n) is 4.36. The monoisotopic (exact) mass is 353 g/mol. The second-order valence-electron chi connectivity index (χ2n) is 6.07. The number of nitrogens with zero attached hydrogens (tertiary/aromatic N) is 2. The Morgan fingerprint density at radius 1 is 1.24 bits per heavy atom. The third kappa shape index (κ3) is 3.42. The minimum atomic E-state index is 0.0730. The van der Waals surface area contributed by atoms with E-state index in [1.54, 1.807) is 12.5 Å². The number of carbonyl (C=O) groups is 1. The van der Waals surface area contributed by atoms with Gasteiger partial charge in [-0.3, -0.25) is 4.79 Å². The molecule has 25 heavy (non-hydrogen) atoms. The lowest BCUT2D eigenvalue weighted by atomic mass is 9.82. The van der Waals surface area contributed by atoms with Crippen LogP contribution in [0.1, 0.15) is 39.7 Å². The first-order chi connectivity index (χ1) is 12.2. The number of aromatic nitrogens is 2. The highest BCUT2D eigenvalue weighted by atomic mass is 35.5. The highest BCUT2D eigenvalue weighted by Crippen LogP contribution is 2.32. The minimum absolute atomic E-state index is 0.0730. The first kappa shape index (κ1) is 15.8. The first-order valence-electron chi connectivity index (χ1n) is 8.10. The van der Waals surface area contributed by atoms with E-state index in [1.165, 1.54) is 0 Å². The summed E-state index contributed by atoms with van der Waals surface area (Å²) in [5.74, 6) is 1.46. The predicted molar refractivity (Wildman–Crippen MR) is 94.9 cm³/mol. The van der Waals surface area contributed by atoms with Crippen molar-refractivity contribution in [3.8, 4) is 0 Å². The summed E-state index contributed by atoms with van der Waals surface area (Å²) in [5.41, 5.74) is 2.45. The Morgan fingerprint density at radius 3 is 2.96 bits per heavy atom. The fraction of sp³-hybridized carbons (Fsp3) is 0.211. The Morgan fingerprint density at radius 2 is 2.16 bits per heavy atom. The molecule has 0 saturated carbocycles. The van der Waals surface area contributed by atoms with Gasteiger partial charge in [-0.25, -0.2) is 9.97 Å². The van der Waals surface area contributed by atoms with E-state index in [0.29, 0.717) is 35.9 Å². The van der Waals surface area contributed by atoms with Crippen LogP contribution < -0.4 is 5.32 Å². The van der Waals surface area contributed by atoms with Gasteiger partial charge in [-0.05, 0) is 42.2 Å². The maximum absolute atomic E-state index is 12.5. The Hall–Kier alpha value is -2.66. The van der Waals surface area contributed by atoms with Gasteiger partial charge in [0.15, 0.2) is 5.78 Å². The molecule has 1 aliphatic rings. The molecule has 6 heteroatoms. The smallest absolute Gasteiger partial charge is 0.223 e. The van der Waals surface area contributed by atoms with Crippen LogP contribution in [0.4, 0.5) is 5.95 Å². The predicted octanol–water partition coefficient (Wildman–Crippen LogP) is 4.25. The van der Waals surface area contributed by atoms with Gasteiger partial charge >= 0.3 is 0 Å². The van der Waals surface area contributed by atoms with Crippen molar-refractivity contribution in [2.75, 3.05) is 5.32 Å². The molecule has 1 aromatic carbocycles. The van der Waals surface area contributed by atoms with Crippen LogP contribution in [-0.4, -0.2) is 15.8 Å². The van der Waals surface area contributed by atoms with Crippen molar-refractivity contribution < 1.29 is 9.21 Å². The molecule has 0 unspecified atom stereocenters. The van der Waals surface area contributed by atoms with Crippen molar-refractivity contribution >= 4 is 23.3 Å². The van der Waals surface area contributed by atoms with E-state index in [-0.39, 0.29) is 11.7 Å². The van der Waals surface area contributed by atoms with Crippen LogP contribution in [0.3, 0.4) is 0 Å². The SMILES string of the molecule is O=C1C[C@@H](c2cccc(Cl)c2)Cc2nc(NCc3ccco3)ncc21. The Kier molecular flexibility index (Phi) is 4.24. The molecule has 2 heterocycles. The van der Waals surface area contributed by atoms with Crippen molar-refractivity contribution in [1.29, 1.82) is 0 Å². The molecule has 4 rings (SSSR count). The van der Waals surface area contributed by atoms with E-state index in [4.69, 9.17) is 16.0 Å². The number of fused-ring (bicyclic) bond motifs is 1. The van der Waals surface area contributed by atoms with Gasteiger partial charge in [0.2, 0.25) is 5.95 Å². The molecule has 0 fully saturated rings. The molecule has 1 aliphatic carbocycles. The molecule has 126 valence electrons. The summed E-state index contributed by atoms with van der Waals surface area (Å²) in [5, 5.41) is 3.81. The number of carbonyl (C=O) groups excluding carboxylic acids is 1. The van der Waals surface area contributed by atoms with Crippen LogP contribution in [0.25, 0.3) is 0 Å². The van der Waals surface area contributed by atoms with Crippen molar-refractivity contribution in [3.05, 3.63) is 76.5 Å². The van der Waals surface area contributed by atoms with Gasteiger partial charge in [0, 0.05) is 17.6 Å². The van der Waals surface area contributed by atoms with E-state index in [1.807, 2.05) is 36.4 Å². The van der Waals surface area contributed by atoms with Gasteiger partial charge in [-0.15, -0.1) is 0 Å². The molecule has 0 bridgehead atoms. The average Bonchev–Trinajstić information content (AvgIpc) is 3.13. The lowest BCUT2D eigenvalue weighted by molar-refractivity contribution is 0.0962. The molecule has 0 spiro atoms. The van der Waals surface area contributed by atoms with Crippen LogP contribution in [0.2, 0.25) is 5.02 Å². The van der Waals surface area contributed by atoms with Crippen molar-refractivity contribution in [2.45, 2.75) is 25.3 Å². The van der Waals surface area contributed by atoms with Crippen LogP contribution in [-0.2, 0) is 13.0 Å². The molecular formula is C19H16ClN3O2. The molecule has 2 aromatic heterocycles. The van der Waals surface area contributed by atoms with E-state index in [0.717, 1.165) is 17.0 Å². The second kappa shape index (κ2) is 6.69. The summed E-state index contributed by atoms with van der Waals surface area (Å²) in [6.07, 6.45) is 4.39. The number of nitrogens with one attached hydrogen (secondary N) is 1. The van der Waals surface area contributed by atoms with Gasteiger partial charge in [0.1, 0.15) is 5.76 Å². The molecule has 5 nitrogen and oxygen atoms in total. The second-order valence-corrected chi connectivity index (χ2v) is 6.51. The molecule has 1 N–H and O–H groups in total. The Balaban J connectivity index is 1.56. The zero-order valence-electron chi connectivity index (χ0n) is 13.4. The van der Waals surface area contributed by atoms with Gasteiger partial charge < -0.3 is 9.73 Å². The van der Waals surface area contributed by atoms with Crippen LogP contribution in [0.5, 0.6) is 0 Å². The summed E-state index contributed by atoms with van der Waals surface area (Å²) >= 11 is 6.09. The standard InChI is InChI=1S/C19H16ClN3O2/c20-14-4-1-3-12(7-14)13-8-17-16(18(24)9-13)11-22-19(23-17)21-10-15-5-2-6-25-15/h1-7,11,13H,8-10H2,(H,21,22,23)/t13-/m0/s1. The van der Waals surface area contributed by atoms with E-state index < -0.39 is 0 Å². The van der Waals surface area contributed by atoms with E-state index >= 15 is 0 Å². The van der Waals surface area contributed by atoms with Crippen LogP contribution in [0, 0.1) is 0 Å². The van der Waals surface area contributed by atoms with Crippen molar-refractivity contribution in [2.24, 2.45) is 0 Å². The fourth-order valence-corrected chi connectivity index (χ4v) is 3.30. The number of benzene rings is 1. The first-order valence-corrected chi connectivity index (χ1v) is 8.47. The van der Waals surface area contributed by atoms with Crippen LogP contribution in [0.15, 0.2) is 53.3 Å². The fourth-order valence-electron chi connectivity index (χ4n) is 3.11. The average molecular weight is 354 g/mol. The molecular weight excluding hydrogens is 338 g/mol. The highest BCUT2D eigenvalue weighted by Gasteiger charge is 2.28. The van der Waals surface area contributed by atoms with Gasteiger partial charge in [0.25, 0.3) is 0 Å². The number of halogens is 1. The Bertz CT molecular complexity index is 909. The molecule has 0 amide bonds. The lowest BCUT2D eigenvalue weighted by Gasteiger charge is -2.23. The third-order valence-corrected chi connectivity index (χ3v) is 4.60. The highest BCUT2D eigenvalue weighted by molar-refractivity contribution is 6.30. The number of anilines is 1. The molecule has 1 atom stereocenters. The van der Waals surface area contributed by atoms with E-state index in [9.17, 15) is 4.79 Å². The summed E-state index contributed by atoms with van der Waals surface area (Å²) in [4.78, 5) is 21.3. The zero-order valence-corrected chi connectivity index (χ0v) is 14.2. The van der Waals surface area contributed by atoms with E-state index in [2.05, 4.69) is 15.3 Å². The largest absolute Gasteiger partial charge is 0.467 e. The minimum Gasteiger partial charge on any atom is -0.467 e. The van der Waals surface area contributed by atoms with Gasteiger partial charge in [0.05, 0.1) is 24.1 Å². The lowest BCUT2D eigenvalue weighted by Crippen LogP contribution is -2.21.